The fourth-order valence-electron chi connectivity index (χ4n) is 2.76. The third-order valence-electron chi connectivity index (χ3n) is 4.04. The minimum Gasteiger partial charge on any atom is -0.483 e. The summed E-state index contributed by atoms with van der Waals surface area (Å²) in [7, 11) is 0. The Morgan fingerprint density at radius 1 is 1.04 bits per heavy atom. The van der Waals surface area contributed by atoms with Gasteiger partial charge in [-0.15, -0.1) is 0 Å². The molecule has 0 aliphatic rings. The average molecular weight is 420 g/mol. The minimum atomic E-state index is -1.16. The van der Waals surface area contributed by atoms with Crippen LogP contribution in [0.4, 0.5) is 5.69 Å². The molecule has 8 heteroatoms. The van der Waals surface area contributed by atoms with Gasteiger partial charge in [-0.3, -0.25) is 9.69 Å². The predicted molar refractivity (Wildman–Crippen MR) is 107 cm³/mol. The van der Waals surface area contributed by atoms with Crippen LogP contribution in [-0.2, 0) is 4.79 Å². The second-order valence-electron chi connectivity index (χ2n) is 5.85. The molecular weight excluding hydrogens is 405 g/mol. The summed E-state index contributed by atoms with van der Waals surface area (Å²) in [6.07, 6.45) is 0. The summed E-state index contributed by atoms with van der Waals surface area (Å²) in [5.74, 6) is -1.53. The third-order valence-corrected chi connectivity index (χ3v) is 4.55. The highest BCUT2D eigenvalue weighted by atomic mass is 35.5. The van der Waals surface area contributed by atoms with Crippen LogP contribution < -0.4 is 9.64 Å². The standard InChI is InChI=1S/C20H15Cl2NO5/c21-14-7-12-6-13(20(26)27)8-17(19(12)16(22)9-14)28-10-18(25)23(11-24)15-4-2-1-3-5-15/h1-9,24H,10-11H2,(H,26,27). The molecule has 3 aromatic carbocycles. The lowest BCUT2D eigenvalue weighted by Gasteiger charge is -2.20. The quantitative estimate of drug-likeness (QED) is 0.584. The van der Waals surface area contributed by atoms with Gasteiger partial charge in [0.1, 0.15) is 12.5 Å². The molecule has 0 aliphatic carbocycles. The number of carboxylic acids is 1. The molecule has 2 N–H and O–H groups in total. The van der Waals surface area contributed by atoms with Gasteiger partial charge in [0.25, 0.3) is 5.91 Å². The molecule has 1 amide bonds. The SMILES string of the molecule is O=C(O)c1cc(OCC(=O)N(CO)c2ccccc2)c2c(Cl)cc(Cl)cc2c1. The van der Waals surface area contributed by atoms with Crippen LogP contribution in [0, 0.1) is 0 Å². The number of hydrogen-bond acceptors (Lipinski definition) is 4. The van der Waals surface area contributed by atoms with E-state index >= 15 is 0 Å². The number of rotatable bonds is 6. The van der Waals surface area contributed by atoms with Gasteiger partial charge in [0.15, 0.2) is 6.61 Å². The van der Waals surface area contributed by atoms with E-state index in [1.807, 2.05) is 0 Å². The maximum Gasteiger partial charge on any atom is 0.335 e. The lowest BCUT2D eigenvalue weighted by atomic mass is 10.1. The van der Waals surface area contributed by atoms with Crippen LogP contribution in [0.25, 0.3) is 10.8 Å². The largest absolute Gasteiger partial charge is 0.483 e. The van der Waals surface area contributed by atoms with Crippen LogP contribution in [-0.4, -0.2) is 35.4 Å². The smallest absolute Gasteiger partial charge is 0.335 e. The van der Waals surface area contributed by atoms with E-state index in [0.29, 0.717) is 21.5 Å². The molecule has 28 heavy (non-hydrogen) atoms. The van der Waals surface area contributed by atoms with Crippen molar-refractivity contribution in [2.45, 2.75) is 0 Å². The van der Waals surface area contributed by atoms with Gasteiger partial charge in [0.2, 0.25) is 0 Å². The monoisotopic (exact) mass is 419 g/mol. The molecule has 0 saturated heterocycles. The number of fused-ring (bicyclic) bond motifs is 1. The summed E-state index contributed by atoms with van der Waals surface area (Å²) >= 11 is 12.3. The Morgan fingerprint density at radius 3 is 2.39 bits per heavy atom. The van der Waals surface area contributed by atoms with Gasteiger partial charge in [0, 0.05) is 16.1 Å². The van der Waals surface area contributed by atoms with Gasteiger partial charge in [-0.2, -0.15) is 0 Å². The van der Waals surface area contributed by atoms with E-state index in [1.165, 1.54) is 18.2 Å². The Balaban J connectivity index is 1.93. The Bertz CT molecular complexity index is 1040. The zero-order valence-corrected chi connectivity index (χ0v) is 15.9. The fraction of sp³-hybridized carbons (Fsp3) is 0.100. The maximum atomic E-state index is 12.5. The van der Waals surface area contributed by atoms with Crippen LogP contribution >= 0.6 is 23.2 Å². The van der Waals surface area contributed by atoms with Crippen molar-refractivity contribution in [1.82, 2.24) is 0 Å². The zero-order valence-electron chi connectivity index (χ0n) is 14.4. The van der Waals surface area contributed by atoms with Gasteiger partial charge < -0.3 is 14.9 Å². The van der Waals surface area contributed by atoms with Crippen molar-refractivity contribution in [2.24, 2.45) is 0 Å². The van der Waals surface area contributed by atoms with Gasteiger partial charge in [0.05, 0.1) is 10.6 Å². The summed E-state index contributed by atoms with van der Waals surface area (Å²) in [4.78, 5) is 25.1. The maximum absolute atomic E-state index is 12.5. The molecule has 0 bridgehead atoms. The van der Waals surface area contributed by atoms with E-state index in [2.05, 4.69) is 0 Å². The highest BCUT2D eigenvalue weighted by Gasteiger charge is 2.18. The average Bonchev–Trinajstić information content (AvgIpc) is 2.66. The molecule has 3 rings (SSSR count). The molecule has 0 spiro atoms. The van der Waals surface area contributed by atoms with Gasteiger partial charge in [-0.05, 0) is 41.8 Å². The summed E-state index contributed by atoms with van der Waals surface area (Å²) < 4.78 is 5.60. The van der Waals surface area contributed by atoms with Crippen molar-refractivity contribution in [3.63, 3.8) is 0 Å². The fourth-order valence-corrected chi connectivity index (χ4v) is 3.36. The van der Waals surface area contributed by atoms with E-state index in [-0.39, 0.29) is 16.3 Å². The number of carbonyl (C=O) groups is 2. The normalized spacial score (nSPS) is 10.7. The molecule has 0 aromatic heterocycles. The summed E-state index contributed by atoms with van der Waals surface area (Å²) in [5, 5.41) is 20.4. The van der Waals surface area contributed by atoms with Crippen molar-refractivity contribution >= 4 is 51.5 Å². The van der Waals surface area contributed by atoms with Crippen LogP contribution in [0.1, 0.15) is 10.4 Å². The predicted octanol–water partition coefficient (Wildman–Crippen LogP) is 4.21. The van der Waals surface area contributed by atoms with E-state index in [4.69, 9.17) is 27.9 Å². The number of aliphatic hydroxyl groups is 1. The molecule has 0 atom stereocenters. The number of carbonyl (C=O) groups excluding carboxylic acids is 1. The molecule has 6 nitrogen and oxygen atoms in total. The Labute approximate surface area is 170 Å². The molecule has 0 heterocycles. The Morgan fingerprint density at radius 2 is 1.75 bits per heavy atom. The van der Waals surface area contributed by atoms with Crippen LogP contribution in [0.5, 0.6) is 5.75 Å². The highest BCUT2D eigenvalue weighted by molar-refractivity contribution is 6.39. The number of aromatic carboxylic acids is 1. The number of anilines is 1. The summed E-state index contributed by atoms with van der Waals surface area (Å²) in [6, 6.07) is 14.4. The lowest BCUT2D eigenvalue weighted by molar-refractivity contribution is -0.121. The molecule has 3 aromatic rings. The zero-order chi connectivity index (χ0) is 20.3. The number of aliphatic hydroxyl groups excluding tert-OH is 1. The van der Waals surface area contributed by atoms with Crippen molar-refractivity contribution < 1.29 is 24.5 Å². The van der Waals surface area contributed by atoms with Crippen molar-refractivity contribution in [2.75, 3.05) is 18.2 Å². The van der Waals surface area contributed by atoms with Crippen LogP contribution in [0.15, 0.2) is 54.6 Å². The van der Waals surface area contributed by atoms with Crippen molar-refractivity contribution in [1.29, 1.82) is 0 Å². The first-order valence-electron chi connectivity index (χ1n) is 8.16. The molecule has 144 valence electrons. The molecule has 0 saturated carbocycles. The van der Waals surface area contributed by atoms with Crippen molar-refractivity contribution in [3.05, 3.63) is 70.2 Å². The summed E-state index contributed by atoms with van der Waals surface area (Å²) in [5.41, 5.74) is 0.475. The number of benzene rings is 3. The van der Waals surface area contributed by atoms with E-state index in [1.54, 1.807) is 36.4 Å². The molecule has 0 radical (unpaired) electrons. The molecule has 0 fully saturated rings. The molecule has 0 unspecified atom stereocenters. The molecule has 0 aliphatic heterocycles. The Hall–Kier alpha value is -2.80. The first kappa shape index (κ1) is 19.9. The number of carboxylic acid groups (broad SMARTS) is 1. The second kappa shape index (κ2) is 8.48. The van der Waals surface area contributed by atoms with Gasteiger partial charge >= 0.3 is 5.97 Å². The van der Waals surface area contributed by atoms with E-state index in [0.717, 1.165) is 4.90 Å². The number of amides is 1. The first-order valence-corrected chi connectivity index (χ1v) is 8.91. The van der Waals surface area contributed by atoms with Crippen LogP contribution in [0.2, 0.25) is 10.0 Å². The second-order valence-corrected chi connectivity index (χ2v) is 6.70. The van der Waals surface area contributed by atoms with Gasteiger partial charge in [-0.25, -0.2) is 4.79 Å². The molecular formula is C20H15Cl2NO5. The first-order chi connectivity index (χ1) is 13.4. The number of nitrogens with zero attached hydrogens (tertiary/aromatic N) is 1. The van der Waals surface area contributed by atoms with Crippen LogP contribution in [0.3, 0.4) is 0 Å². The summed E-state index contributed by atoms with van der Waals surface area (Å²) in [6.45, 7) is -0.953. The van der Waals surface area contributed by atoms with E-state index in [9.17, 15) is 19.8 Å². The van der Waals surface area contributed by atoms with Gasteiger partial charge in [-0.1, -0.05) is 41.4 Å². The van der Waals surface area contributed by atoms with Crippen molar-refractivity contribution in [3.8, 4) is 5.75 Å². The topological polar surface area (TPSA) is 87.1 Å². The Kier molecular flexibility index (Phi) is 6.04. The number of ether oxygens (including phenoxy) is 1. The highest BCUT2D eigenvalue weighted by Crippen LogP contribution is 2.36. The number of hydrogen-bond donors (Lipinski definition) is 2. The number of halogens is 2. The lowest BCUT2D eigenvalue weighted by Crippen LogP contribution is -2.35. The third kappa shape index (κ3) is 4.20. The minimum absolute atomic E-state index is 0.0321. The number of para-hydroxylation sites is 1. The van der Waals surface area contributed by atoms with E-state index < -0.39 is 25.2 Å².